The number of nitro groups is 2. The van der Waals surface area contributed by atoms with Crippen LogP contribution in [0.4, 0.5) is 34.1 Å². The molecule has 1 aliphatic heterocycles. The SMILES string of the molecule is C#Cc1ccc(CN(C)C(=O)OC)cc1.CNCc1ccc(-c2[nH]c3cc(F)cc4c3c2CCNC4=O)cc1.COC(=O)c1cc(F)cc([N+](=O)[O-])c1C.COC(=O)c1cc(F)cc([N+](=O)[O-])c1C#Cc1ccc(CN(C)C(=O)OC)cc1. The minimum atomic E-state index is -0.943. The number of terminal acetylenes is 1. The molecule has 0 fully saturated rings. The van der Waals surface area contributed by atoms with E-state index in [1.807, 2.05) is 31.3 Å². The zero-order valence-corrected chi connectivity index (χ0v) is 46.2. The highest BCUT2D eigenvalue weighted by molar-refractivity contribution is 6.10. The smallest absolute Gasteiger partial charge is 0.409 e. The Hall–Kier alpha value is -10.5. The highest BCUT2D eigenvalue weighted by atomic mass is 19.1. The van der Waals surface area contributed by atoms with Gasteiger partial charge in [0.2, 0.25) is 0 Å². The molecule has 430 valence electrons. The highest BCUT2D eigenvalue weighted by Crippen LogP contribution is 2.35. The van der Waals surface area contributed by atoms with Crippen molar-refractivity contribution in [2.75, 3.05) is 56.1 Å². The molecule has 1 aliphatic rings. The molecule has 0 spiro atoms. The van der Waals surface area contributed by atoms with Crippen LogP contribution >= 0.6 is 0 Å². The summed E-state index contributed by atoms with van der Waals surface area (Å²) in [6.07, 6.45) is 5.13. The number of hydrogen-bond donors (Lipinski definition) is 3. The maximum absolute atomic E-state index is 13.9. The Bertz CT molecular complexity index is 3670. The van der Waals surface area contributed by atoms with E-state index in [0.29, 0.717) is 42.3 Å². The minimum absolute atomic E-state index is 0.0910. The van der Waals surface area contributed by atoms with E-state index in [4.69, 9.17) is 6.42 Å². The van der Waals surface area contributed by atoms with Crippen molar-refractivity contribution in [2.24, 2.45) is 0 Å². The molecule has 0 aliphatic carbocycles. The second-order valence-electron chi connectivity index (χ2n) is 18.0. The predicted octanol–water partition coefficient (Wildman–Crippen LogP) is 9.79. The molecule has 1 aromatic heterocycles. The average Bonchev–Trinajstić information content (AvgIpc) is 4.05. The highest BCUT2D eigenvalue weighted by Gasteiger charge is 2.26. The van der Waals surface area contributed by atoms with Crippen LogP contribution in [0.3, 0.4) is 0 Å². The third kappa shape index (κ3) is 16.8. The molecule has 20 nitrogen and oxygen atoms in total. The van der Waals surface area contributed by atoms with Gasteiger partial charge in [-0.1, -0.05) is 66.3 Å². The molecule has 0 bridgehead atoms. The number of benzene rings is 6. The third-order valence-corrected chi connectivity index (χ3v) is 12.3. The van der Waals surface area contributed by atoms with Crippen LogP contribution in [0.2, 0.25) is 0 Å². The molecule has 0 unspecified atom stereocenters. The molecule has 0 saturated heterocycles. The Morgan fingerprint density at radius 2 is 1.17 bits per heavy atom. The molecular formula is C60H56F3N7O13. The predicted molar refractivity (Wildman–Crippen MR) is 301 cm³/mol. The van der Waals surface area contributed by atoms with Gasteiger partial charge in [-0.05, 0) is 96.7 Å². The standard InChI is InChI=1S/C20H17FN2O6.C19H18FN3O.C12H13NO2.C9H8FNO4/c1-22(20(25)29-3)12-14-6-4-13(5-7-14)8-9-16-17(19(24)28-2)10-15(21)11-18(16)23(26)27;1-21-10-11-2-4-12(5-3-11)18-14-6-7-22-19(24)15-8-13(20)9-16(23-18)17(14)15;1-4-10-5-7-11(8-6-10)9-13(2)12(14)15-3;1-5-7(9(12)15-2)3-6(10)4-8(5)11(13)14/h4-7,10-11H,12H2,1-3H3;2-5,8-9,21,23H,6-7,10H2,1H3,(H,22,24);1,5-8H,9H2,2-3H3;3-4H,1-2H3. The molecule has 0 atom stereocenters. The molecule has 83 heavy (non-hydrogen) atoms. The van der Waals surface area contributed by atoms with Gasteiger partial charge in [0.25, 0.3) is 17.3 Å². The number of halogens is 3. The van der Waals surface area contributed by atoms with Gasteiger partial charge >= 0.3 is 24.1 Å². The van der Waals surface area contributed by atoms with Crippen molar-refractivity contribution in [3.63, 3.8) is 0 Å². The lowest BCUT2D eigenvalue weighted by atomic mass is 9.99. The fourth-order valence-electron chi connectivity index (χ4n) is 8.27. The zero-order chi connectivity index (χ0) is 61.1. The summed E-state index contributed by atoms with van der Waals surface area (Å²) in [5.74, 6) is 3.69. The van der Waals surface area contributed by atoms with Crippen molar-refractivity contribution >= 4 is 52.3 Å². The molecule has 0 saturated carbocycles. The first-order chi connectivity index (χ1) is 39.6. The molecule has 8 rings (SSSR count). The average molecular weight is 1140 g/mol. The Balaban J connectivity index is 0.000000211. The summed E-state index contributed by atoms with van der Waals surface area (Å²) in [7, 11) is 10.0. The lowest BCUT2D eigenvalue weighted by molar-refractivity contribution is -0.385. The molecule has 3 N–H and O–H groups in total. The van der Waals surface area contributed by atoms with Crippen LogP contribution < -0.4 is 10.6 Å². The fraction of sp³-hybridized carbons (Fsp3) is 0.217. The van der Waals surface area contributed by atoms with Crippen LogP contribution in [0.25, 0.3) is 22.2 Å². The molecule has 6 aromatic carbocycles. The van der Waals surface area contributed by atoms with E-state index in [1.54, 1.807) is 38.4 Å². The first-order valence-corrected chi connectivity index (χ1v) is 24.8. The van der Waals surface area contributed by atoms with Crippen molar-refractivity contribution in [1.29, 1.82) is 0 Å². The van der Waals surface area contributed by atoms with Crippen LogP contribution in [0, 0.1) is 68.8 Å². The van der Waals surface area contributed by atoms with Crippen molar-refractivity contribution in [2.45, 2.75) is 33.0 Å². The molecule has 23 heteroatoms. The number of hydrogen-bond acceptors (Lipinski definition) is 14. The number of H-pyrrole nitrogens is 1. The summed E-state index contributed by atoms with van der Waals surface area (Å²) in [6, 6.07) is 28.5. The first kappa shape index (κ1) is 63.3. The number of aromatic nitrogens is 1. The fourth-order valence-corrected chi connectivity index (χ4v) is 8.27. The van der Waals surface area contributed by atoms with Gasteiger partial charge in [-0.2, -0.15) is 0 Å². The van der Waals surface area contributed by atoms with Gasteiger partial charge in [-0.25, -0.2) is 32.3 Å². The van der Waals surface area contributed by atoms with Crippen LogP contribution in [0.5, 0.6) is 0 Å². The monoisotopic (exact) mass is 1140 g/mol. The molecule has 2 heterocycles. The first-order valence-electron chi connectivity index (χ1n) is 24.8. The second-order valence-corrected chi connectivity index (χ2v) is 18.0. The maximum atomic E-state index is 13.9. The van der Waals surface area contributed by atoms with Crippen molar-refractivity contribution in [3.8, 4) is 35.4 Å². The van der Waals surface area contributed by atoms with Gasteiger partial charge in [0.1, 0.15) is 23.0 Å². The number of methoxy groups -OCH3 is 4. The van der Waals surface area contributed by atoms with Crippen LogP contribution in [-0.4, -0.2) is 111 Å². The van der Waals surface area contributed by atoms with E-state index in [2.05, 4.69) is 76.6 Å². The largest absolute Gasteiger partial charge is 0.465 e. The normalized spacial score (nSPS) is 10.8. The van der Waals surface area contributed by atoms with Gasteiger partial charge in [-0.15, -0.1) is 6.42 Å². The number of ether oxygens (including phenoxy) is 4. The van der Waals surface area contributed by atoms with Crippen molar-refractivity contribution in [1.82, 2.24) is 25.4 Å². The van der Waals surface area contributed by atoms with E-state index in [-0.39, 0.29) is 34.3 Å². The van der Waals surface area contributed by atoms with Gasteiger partial charge < -0.3 is 44.4 Å². The lowest BCUT2D eigenvalue weighted by Crippen LogP contribution is -2.25. The summed E-state index contributed by atoms with van der Waals surface area (Å²) in [5.41, 5.74) is 6.84. The summed E-state index contributed by atoms with van der Waals surface area (Å²) >= 11 is 0. The van der Waals surface area contributed by atoms with Crippen LogP contribution in [0.1, 0.15) is 75.6 Å². The molecule has 3 amide bonds. The molecule has 0 radical (unpaired) electrons. The summed E-state index contributed by atoms with van der Waals surface area (Å²) in [5, 5.41) is 28.6. The van der Waals surface area contributed by atoms with Crippen LogP contribution in [0.15, 0.2) is 109 Å². The Morgan fingerprint density at radius 3 is 1.67 bits per heavy atom. The van der Waals surface area contributed by atoms with Crippen molar-refractivity contribution in [3.05, 3.63) is 208 Å². The number of esters is 2. The third-order valence-electron chi connectivity index (χ3n) is 12.3. The zero-order valence-electron chi connectivity index (χ0n) is 46.2. The van der Waals surface area contributed by atoms with Gasteiger partial charge in [0.15, 0.2) is 0 Å². The van der Waals surface area contributed by atoms with E-state index < -0.39 is 56.7 Å². The molecule has 7 aromatic rings. The number of carbonyl (C=O) groups is 5. The van der Waals surface area contributed by atoms with Gasteiger partial charge in [0, 0.05) is 73.6 Å². The number of nitrogens with zero attached hydrogens (tertiary/aromatic N) is 4. The van der Waals surface area contributed by atoms with E-state index in [0.717, 1.165) is 84.3 Å². The van der Waals surface area contributed by atoms with E-state index in [9.17, 15) is 57.4 Å². The van der Waals surface area contributed by atoms with E-state index >= 15 is 0 Å². The number of rotatable bonds is 11. The maximum Gasteiger partial charge on any atom is 0.409 e. The van der Waals surface area contributed by atoms with Gasteiger partial charge in [0.05, 0.1) is 67.1 Å². The topological polar surface area (TPSA) is 255 Å². The minimum Gasteiger partial charge on any atom is -0.465 e. The Kier molecular flexibility index (Phi) is 22.6. The van der Waals surface area contributed by atoms with Gasteiger partial charge in [-0.3, -0.25) is 25.0 Å². The number of amides is 3. The summed E-state index contributed by atoms with van der Waals surface area (Å²) in [6.45, 7) is 3.55. The van der Waals surface area contributed by atoms with Crippen molar-refractivity contribution < 1.29 is 65.9 Å². The number of nitro benzene ring substituents is 2. The number of nitrogens with one attached hydrogen (secondary N) is 3. The summed E-state index contributed by atoms with van der Waals surface area (Å²) < 4.78 is 58.6. The summed E-state index contributed by atoms with van der Waals surface area (Å²) in [4.78, 5) is 84.2. The molecular weight excluding hydrogens is 1080 g/mol. The lowest BCUT2D eigenvalue weighted by Gasteiger charge is -2.15. The number of aromatic amines is 1. The quantitative estimate of drug-likeness (QED) is 0.0358. The van der Waals surface area contributed by atoms with Crippen LogP contribution in [-0.2, 0) is 45.0 Å². The Labute approximate surface area is 474 Å². The van der Waals surface area contributed by atoms with E-state index in [1.165, 1.54) is 48.6 Å². The second kappa shape index (κ2) is 29.6. The Morgan fingerprint density at radius 1 is 0.675 bits per heavy atom. The number of carbonyl (C=O) groups excluding carboxylic acids is 5.